The van der Waals surface area contributed by atoms with Crippen LogP contribution in [0.2, 0.25) is 43.8 Å². The van der Waals surface area contributed by atoms with E-state index in [1.165, 1.54) is 0 Å². The van der Waals surface area contributed by atoms with Gasteiger partial charge in [0.25, 0.3) is 5.56 Å². The van der Waals surface area contributed by atoms with E-state index in [0.29, 0.717) is 37.1 Å². The number of nitrogens with zero attached hydrogens (tertiary/aromatic N) is 8. The average molecular weight is 754 g/mol. The van der Waals surface area contributed by atoms with Gasteiger partial charge in [-0.05, 0) is 68.2 Å². The minimum absolute atomic E-state index is 0.130. The van der Waals surface area contributed by atoms with Crippen molar-refractivity contribution in [2.24, 2.45) is 0 Å². The number of ether oxygens (including phenoxy) is 1. The highest BCUT2D eigenvalue weighted by Gasteiger charge is 2.36. The summed E-state index contributed by atoms with van der Waals surface area (Å²) in [5.74, 6) is 1.19. The first-order valence-electron chi connectivity index (χ1n) is 18.6. The molecule has 1 atom stereocenters. The van der Waals surface area contributed by atoms with Crippen LogP contribution >= 0.6 is 0 Å². The van der Waals surface area contributed by atoms with Crippen molar-refractivity contribution in [1.82, 2.24) is 38.5 Å². The zero-order chi connectivity index (χ0) is 38.1. The lowest BCUT2D eigenvalue weighted by Crippen LogP contribution is -2.41. The van der Waals surface area contributed by atoms with Gasteiger partial charge in [0.1, 0.15) is 30.0 Å². The van der Waals surface area contributed by atoms with E-state index in [-0.39, 0.29) is 10.6 Å². The van der Waals surface area contributed by atoms with Crippen molar-refractivity contribution >= 4 is 38.8 Å². The summed E-state index contributed by atoms with van der Waals surface area (Å²) in [6, 6.07) is 12.2. The SMILES string of the molecule is Cc1ccn2nc(C(C)Nc3ncnc4c3c(-c3cnn(CCCO[Si](C)(C)C(C)(C)C)c3)cn4COCC[Si](C)(C)C)n(-c3ccccc3)c(=O)c12. The normalized spacial score (nSPS) is 13.3. The fourth-order valence-electron chi connectivity index (χ4n) is 6.09. The first kappa shape index (κ1) is 38.4. The summed E-state index contributed by atoms with van der Waals surface area (Å²) in [7, 11) is -3.07. The molecule has 0 saturated heterocycles. The fraction of sp³-hybridized carbons (Fsp3) is 0.462. The Bertz CT molecular complexity index is 2240. The molecule has 0 amide bonds. The maximum absolute atomic E-state index is 14.0. The number of benzene rings is 1. The van der Waals surface area contributed by atoms with Crippen LogP contribution in [0, 0.1) is 6.92 Å². The van der Waals surface area contributed by atoms with Gasteiger partial charge in [0, 0.05) is 57.5 Å². The van der Waals surface area contributed by atoms with Crippen molar-refractivity contribution in [3.8, 4) is 16.8 Å². The molecular weight excluding hydrogens is 699 g/mol. The smallest absolute Gasteiger partial charge is 0.282 e. The zero-order valence-electron chi connectivity index (χ0n) is 33.0. The van der Waals surface area contributed by atoms with Crippen LogP contribution in [0.1, 0.15) is 51.5 Å². The van der Waals surface area contributed by atoms with E-state index < -0.39 is 22.4 Å². The van der Waals surface area contributed by atoms with E-state index in [1.807, 2.05) is 71.9 Å². The lowest BCUT2D eigenvalue weighted by molar-refractivity contribution is 0.0899. The Balaban J connectivity index is 1.35. The van der Waals surface area contributed by atoms with Crippen molar-refractivity contribution in [3.05, 3.63) is 89.3 Å². The molecule has 0 aliphatic heterocycles. The Morgan fingerprint density at radius 3 is 2.45 bits per heavy atom. The van der Waals surface area contributed by atoms with Gasteiger partial charge in [0.15, 0.2) is 14.1 Å². The quantitative estimate of drug-likeness (QED) is 0.0823. The summed E-state index contributed by atoms with van der Waals surface area (Å²) in [6.07, 6.45) is 10.3. The number of aromatic nitrogens is 8. The lowest BCUT2D eigenvalue weighted by Gasteiger charge is -2.36. The van der Waals surface area contributed by atoms with Crippen LogP contribution in [0.5, 0.6) is 0 Å². The summed E-state index contributed by atoms with van der Waals surface area (Å²) in [5, 5.41) is 14.3. The van der Waals surface area contributed by atoms with E-state index in [9.17, 15) is 4.79 Å². The standard InChI is InChI=1S/C39H55N9O3Si2/c1-28-17-19-47-34(28)38(49)48(31-15-12-11-13-16-31)36(44-47)29(2)43-35-33-32(25-45(37(33)41-26-40-35)27-50-21-22-52(6,7)8)30-23-42-46(24-30)18-14-20-51-53(9,10)39(3,4)5/h11-13,15-17,19,23-26,29H,14,18,20-22,27H2,1-10H3,(H,40,41,43). The van der Waals surface area contributed by atoms with Gasteiger partial charge < -0.3 is 19.0 Å². The number of rotatable bonds is 15. The Morgan fingerprint density at radius 1 is 0.981 bits per heavy atom. The predicted molar refractivity (Wildman–Crippen MR) is 218 cm³/mol. The van der Waals surface area contributed by atoms with Gasteiger partial charge in [-0.1, -0.05) is 58.6 Å². The molecule has 12 nitrogen and oxygen atoms in total. The molecule has 6 aromatic rings. The number of hydrogen-bond acceptors (Lipinski definition) is 8. The van der Waals surface area contributed by atoms with Crippen LogP contribution in [0.15, 0.2) is 72.3 Å². The Kier molecular flexibility index (Phi) is 11.0. The van der Waals surface area contributed by atoms with E-state index >= 15 is 0 Å². The Morgan fingerprint density at radius 2 is 1.74 bits per heavy atom. The highest BCUT2D eigenvalue weighted by Crippen LogP contribution is 2.37. The average Bonchev–Trinajstić information content (AvgIpc) is 3.82. The highest BCUT2D eigenvalue weighted by molar-refractivity contribution is 6.76. The molecule has 14 heteroatoms. The number of para-hydroxylation sites is 1. The topological polar surface area (TPSA) is 118 Å². The molecule has 6 rings (SSSR count). The largest absolute Gasteiger partial charge is 0.417 e. The van der Waals surface area contributed by atoms with Crippen molar-refractivity contribution in [3.63, 3.8) is 0 Å². The van der Waals surface area contributed by atoms with Gasteiger partial charge in [-0.15, -0.1) is 0 Å². The summed E-state index contributed by atoms with van der Waals surface area (Å²) < 4.78 is 20.0. The van der Waals surface area contributed by atoms with E-state index in [0.717, 1.165) is 52.4 Å². The third kappa shape index (κ3) is 8.40. The van der Waals surface area contributed by atoms with Gasteiger partial charge >= 0.3 is 0 Å². The number of nitrogens with one attached hydrogen (secondary N) is 1. The van der Waals surface area contributed by atoms with E-state index in [2.05, 4.69) is 71.2 Å². The fourth-order valence-corrected chi connectivity index (χ4v) is 7.94. The summed E-state index contributed by atoms with van der Waals surface area (Å²) in [6.45, 7) is 24.9. The van der Waals surface area contributed by atoms with Crippen LogP contribution in [-0.2, 0) is 22.4 Å². The molecule has 5 heterocycles. The molecule has 53 heavy (non-hydrogen) atoms. The van der Waals surface area contributed by atoms with Gasteiger partial charge in [-0.3, -0.25) is 14.0 Å². The second kappa shape index (κ2) is 15.2. The van der Waals surface area contributed by atoms with Gasteiger partial charge in [-0.25, -0.2) is 14.5 Å². The third-order valence-electron chi connectivity index (χ3n) is 10.3. The molecule has 0 fully saturated rings. The van der Waals surface area contributed by atoms with Crippen molar-refractivity contribution in [2.45, 2.75) is 104 Å². The van der Waals surface area contributed by atoms with Crippen LogP contribution < -0.4 is 10.9 Å². The van der Waals surface area contributed by atoms with Crippen molar-refractivity contribution in [1.29, 1.82) is 0 Å². The number of aryl methyl sites for hydroxylation is 2. The molecule has 0 saturated carbocycles. The number of fused-ring (bicyclic) bond motifs is 2. The number of anilines is 1. The first-order chi connectivity index (χ1) is 25.0. The first-order valence-corrected chi connectivity index (χ1v) is 25.2. The molecule has 1 aromatic carbocycles. The molecule has 0 spiro atoms. The summed E-state index contributed by atoms with van der Waals surface area (Å²) in [4.78, 5) is 23.6. The molecule has 1 unspecified atom stereocenters. The second-order valence-corrected chi connectivity index (χ2v) is 27.2. The summed E-state index contributed by atoms with van der Waals surface area (Å²) >= 11 is 0. The maximum Gasteiger partial charge on any atom is 0.282 e. The maximum atomic E-state index is 14.0. The highest BCUT2D eigenvalue weighted by atomic mass is 28.4. The molecule has 0 radical (unpaired) electrons. The predicted octanol–water partition coefficient (Wildman–Crippen LogP) is 8.30. The Labute approximate surface area is 314 Å². The molecule has 0 aliphatic rings. The molecule has 0 bridgehead atoms. The van der Waals surface area contributed by atoms with Gasteiger partial charge in [-0.2, -0.15) is 10.2 Å². The van der Waals surface area contributed by atoms with E-state index in [4.69, 9.17) is 29.3 Å². The number of hydrogen-bond donors (Lipinski definition) is 1. The van der Waals surface area contributed by atoms with Crippen LogP contribution in [-0.4, -0.2) is 68.1 Å². The van der Waals surface area contributed by atoms with Crippen LogP contribution in [0.3, 0.4) is 0 Å². The van der Waals surface area contributed by atoms with Gasteiger partial charge in [0.05, 0.1) is 23.3 Å². The third-order valence-corrected chi connectivity index (χ3v) is 16.5. The van der Waals surface area contributed by atoms with Gasteiger partial charge in [0.2, 0.25) is 0 Å². The van der Waals surface area contributed by atoms with Crippen LogP contribution in [0.25, 0.3) is 33.4 Å². The van der Waals surface area contributed by atoms with Crippen molar-refractivity contribution in [2.75, 3.05) is 18.5 Å². The van der Waals surface area contributed by atoms with E-state index in [1.54, 1.807) is 15.4 Å². The second-order valence-electron chi connectivity index (χ2n) is 16.7. The minimum Gasteiger partial charge on any atom is -0.417 e. The molecule has 1 N–H and O–H groups in total. The zero-order valence-corrected chi connectivity index (χ0v) is 35.0. The lowest BCUT2D eigenvalue weighted by atomic mass is 10.1. The minimum atomic E-state index is -1.81. The van der Waals surface area contributed by atoms with Crippen molar-refractivity contribution < 1.29 is 9.16 Å². The molecule has 282 valence electrons. The van der Waals surface area contributed by atoms with Crippen LogP contribution in [0.4, 0.5) is 5.82 Å². The Hall–Kier alpha value is -4.38. The molecular formula is C39H55N9O3Si2. The molecule has 0 aliphatic carbocycles. The summed E-state index contributed by atoms with van der Waals surface area (Å²) in [5.41, 5.74) is 4.68. The molecule has 5 aromatic heterocycles. The monoisotopic (exact) mass is 753 g/mol.